The Morgan fingerprint density at radius 2 is 1.72 bits per heavy atom. The third-order valence-corrected chi connectivity index (χ3v) is 5.70. The van der Waals surface area contributed by atoms with Gasteiger partial charge in [-0.05, 0) is 30.7 Å². The summed E-state index contributed by atoms with van der Waals surface area (Å²) in [6, 6.07) is 18.2. The molecule has 0 saturated heterocycles. The van der Waals surface area contributed by atoms with Crippen LogP contribution in [0, 0.1) is 0 Å². The van der Waals surface area contributed by atoms with Crippen molar-refractivity contribution in [2.24, 2.45) is 5.73 Å². The predicted octanol–water partition coefficient (Wildman–Crippen LogP) is 2.92. The molecule has 2 unspecified atom stereocenters. The van der Waals surface area contributed by atoms with Gasteiger partial charge in [0.1, 0.15) is 11.8 Å². The first kappa shape index (κ1) is 28.6. The van der Waals surface area contributed by atoms with Crippen molar-refractivity contribution in [3.8, 4) is 0 Å². The SMILES string of the molecule is C=C(C(=O)c1ccccc1)c1ccco1.CC(N)C(=O)NCC(=O)NC(Cc1c[nH]c2ccccc12)C(=O)O. The van der Waals surface area contributed by atoms with Crippen LogP contribution in [0.3, 0.4) is 0 Å². The van der Waals surface area contributed by atoms with Crippen LogP contribution in [0.1, 0.15) is 28.6 Å². The van der Waals surface area contributed by atoms with Crippen molar-refractivity contribution >= 4 is 40.0 Å². The van der Waals surface area contributed by atoms with E-state index in [-0.39, 0.29) is 18.7 Å². The fourth-order valence-electron chi connectivity index (χ4n) is 3.62. The van der Waals surface area contributed by atoms with Crippen molar-refractivity contribution in [3.05, 3.63) is 103 Å². The summed E-state index contributed by atoms with van der Waals surface area (Å²) in [5.74, 6) is -1.80. The number of furan rings is 1. The molecular formula is C29H30N4O6. The average molecular weight is 531 g/mol. The first-order chi connectivity index (χ1) is 18.7. The van der Waals surface area contributed by atoms with Crippen LogP contribution in [0.4, 0.5) is 0 Å². The van der Waals surface area contributed by atoms with E-state index >= 15 is 0 Å². The Morgan fingerprint density at radius 1 is 1.03 bits per heavy atom. The van der Waals surface area contributed by atoms with Crippen LogP contribution < -0.4 is 16.4 Å². The number of carboxylic acids is 1. The van der Waals surface area contributed by atoms with Crippen molar-refractivity contribution in [2.75, 3.05) is 6.54 Å². The van der Waals surface area contributed by atoms with Gasteiger partial charge in [0.05, 0.1) is 24.4 Å². The fourth-order valence-corrected chi connectivity index (χ4v) is 3.62. The lowest BCUT2D eigenvalue weighted by Crippen LogP contribution is -2.48. The number of aliphatic carboxylic acids is 1. The highest BCUT2D eigenvalue weighted by atomic mass is 16.4. The second-order valence-electron chi connectivity index (χ2n) is 8.68. The summed E-state index contributed by atoms with van der Waals surface area (Å²) in [6.45, 7) is 4.90. The van der Waals surface area contributed by atoms with Gasteiger partial charge < -0.3 is 30.9 Å². The Kier molecular flexibility index (Phi) is 9.94. The zero-order valence-corrected chi connectivity index (χ0v) is 21.3. The second-order valence-corrected chi connectivity index (χ2v) is 8.68. The van der Waals surface area contributed by atoms with Gasteiger partial charge in [0.25, 0.3) is 0 Å². The van der Waals surface area contributed by atoms with Crippen molar-refractivity contribution in [1.82, 2.24) is 15.6 Å². The zero-order chi connectivity index (χ0) is 28.4. The number of nitrogens with two attached hydrogens (primary N) is 1. The molecule has 202 valence electrons. The number of amides is 2. The molecule has 0 aliphatic rings. The molecule has 4 rings (SSSR count). The summed E-state index contributed by atoms with van der Waals surface area (Å²) >= 11 is 0. The number of aromatic nitrogens is 1. The third-order valence-electron chi connectivity index (χ3n) is 5.70. The van der Waals surface area contributed by atoms with Crippen molar-refractivity contribution in [1.29, 1.82) is 0 Å². The van der Waals surface area contributed by atoms with Crippen LogP contribution in [-0.2, 0) is 20.8 Å². The number of carboxylic acid groups (broad SMARTS) is 1. The predicted molar refractivity (Wildman–Crippen MR) is 147 cm³/mol. The Balaban J connectivity index is 0.000000239. The number of fused-ring (bicyclic) bond motifs is 1. The lowest BCUT2D eigenvalue weighted by Gasteiger charge is -2.15. The molecule has 39 heavy (non-hydrogen) atoms. The molecule has 2 aromatic carbocycles. The number of H-pyrrole nitrogens is 1. The van der Waals surface area contributed by atoms with Gasteiger partial charge in [0.15, 0.2) is 5.78 Å². The van der Waals surface area contributed by atoms with Crippen molar-refractivity contribution < 1.29 is 28.7 Å². The molecule has 2 amide bonds. The summed E-state index contributed by atoms with van der Waals surface area (Å²) in [6.07, 6.45) is 3.38. The molecule has 6 N–H and O–H groups in total. The van der Waals surface area contributed by atoms with E-state index < -0.39 is 29.9 Å². The van der Waals surface area contributed by atoms with Crippen LogP contribution in [0.25, 0.3) is 16.5 Å². The molecule has 0 aliphatic carbocycles. The number of nitrogens with one attached hydrogen (secondary N) is 3. The van der Waals surface area contributed by atoms with Crippen LogP contribution in [0.5, 0.6) is 0 Å². The number of allylic oxidation sites excluding steroid dienone is 1. The Bertz CT molecular complexity index is 1440. The van der Waals surface area contributed by atoms with E-state index in [9.17, 15) is 24.3 Å². The number of hydrogen-bond acceptors (Lipinski definition) is 6. The van der Waals surface area contributed by atoms with Crippen molar-refractivity contribution in [2.45, 2.75) is 25.4 Å². The minimum absolute atomic E-state index is 0.106. The Morgan fingerprint density at radius 3 is 2.36 bits per heavy atom. The molecule has 4 aromatic rings. The van der Waals surface area contributed by atoms with E-state index in [0.717, 1.165) is 16.5 Å². The highest BCUT2D eigenvalue weighted by molar-refractivity contribution is 6.27. The van der Waals surface area contributed by atoms with E-state index in [1.807, 2.05) is 42.5 Å². The Hall–Kier alpha value is -4.96. The van der Waals surface area contributed by atoms with E-state index in [2.05, 4.69) is 22.2 Å². The third kappa shape index (κ3) is 8.01. The van der Waals surface area contributed by atoms with Gasteiger partial charge in [0.2, 0.25) is 11.8 Å². The lowest BCUT2D eigenvalue weighted by molar-refractivity contribution is -0.141. The minimum atomic E-state index is -1.15. The highest BCUT2D eigenvalue weighted by Gasteiger charge is 2.22. The molecule has 0 saturated carbocycles. The van der Waals surface area contributed by atoms with Gasteiger partial charge in [-0.1, -0.05) is 55.1 Å². The normalized spacial score (nSPS) is 11.9. The molecule has 0 radical (unpaired) electrons. The quantitative estimate of drug-likeness (QED) is 0.155. The summed E-state index contributed by atoms with van der Waals surface area (Å²) < 4.78 is 5.12. The number of hydrogen-bond donors (Lipinski definition) is 5. The molecular weight excluding hydrogens is 500 g/mol. The topological polar surface area (TPSA) is 168 Å². The molecule has 0 aliphatic heterocycles. The van der Waals surface area contributed by atoms with Gasteiger partial charge >= 0.3 is 5.97 Å². The Labute approximate surface area is 224 Å². The molecule has 0 bridgehead atoms. The molecule has 2 aromatic heterocycles. The lowest BCUT2D eigenvalue weighted by atomic mass is 10.0. The summed E-state index contributed by atoms with van der Waals surface area (Å²) in [4.78, 5) is 49.5. The molecule has 10 nitrogen and oxygen atoms in total. The summed E-state index contributed by atoms with van der Waals surface area (Å²) in [5, 5.41) is 15.0. The van der Waals surface area contributed by atoms with E-state index in [4.69, 9.17) is 10.2 Å². The number of aromatic amines is 1. The molecule has 10 heteroatoms. The van der Waals surface area contributed by atoms with E-state index in [0.29, 0.717) is 16.9 Å². The first-order valence-electron chi connectivity index (χ1n) is 12.1. The summed E-state index contributed by atoms with van der Waals surface area (Å²) in [5.41, 5.74) is 8.06. The molecule has 2 heterocycles. The van der Waals surface area contributed by atoms with Crippen LogP contribution in [-0.4, -0.2) is 52.3 Å². The number of carbonyl (C=O) groups excluding carboxylic acids is 3. The van der Waals surface area contributed by atoms with Gasteiger partial charge in [0, 0.05) is 29.1 Å². The standard InChI is InChI=1S/C16H20N4O4.C13H10O2/c1-9(17)15(22)19-8-14(21)20-13(16(23)24)6-10-7-18-12-5-3-2-4-11(10)12;1-10(12-8-5-9-15-12)13(14)11-6-3-2-4-7-11/h2-5,7,9,13,18H,6,8,17H2,1H3,(H,19,22)(H,20,21)(H,23,24);2-9H,1H2. The zero-order valence-electron chi connectivity index (χ0n) is 21.3. The molecule has 0 spiro atoms. The van der Waals surface area contributed by atoms with Gasteiger partial charge in [-0.25, -0.2) is 4.79 Å². The highest BCUT2D eigenvalue weighted by Crippen LogP contribution is 2.19. The number of para-hydroxylation sites is 1. The van der Waals surface area contributed by atoms with Gasteiger partial charge in [-0.15, -0.1) is 0 Å². The second kappa shape index (κ2) is 13.5. The fraction of sp³-hybridized carbons (Fsp3) is 0.172. The number of ketones is 1. The maximum atomic E-state index is 11.9. The van der Waals surface area contributed by atoms with Crippen LogP contribution in [0.15, 0.2) is 90.2 Å². The minimum Gasteiger partial charge on any atom is -0.480 e. The number of rotatable bonds is 10. The smallest absolute Gasteiger partial charge is 0.326 e. The molecule has 0 fully saturated rings. The number of carbonyl (C=O) groups is 4. The first-order valence-corrected chi connectivity index (χ1v) is 12.1. The maximum absolute atomic E-state index is 11.9. The number of Topliss-reactive ketones (excluding diaryl/α,β-unsaturated/α-hetero) is 1. The average Bonchev–Trinajstić information content (AvgIpc) is 3.62. The number of benzene rings is 2. The van der Waals surface area contributed by atoms with Crippen molar-refractivity contribution in [3.63, 3.8) is 0 Å². The van der Waals surface area contributed by atoms with Crippen LogP contribution >= 0.6 is 0 Å². The molecule has 2 atom stereocenters. The van der Waals surface area contributed by atoms with E-state index in [1.54, 1.807) is 30.5 Å². The van der Waals surface area contributed by atoms with Gasteiger partial charge in [-0.2, -0.15) is 0 Å². The monoisotopic (exact) mass is 530 g/mol. The van der Waals surface area contributed by atoms with Gasteiger partial charge in [-0.3, -0.25) is 14.4 Å². The van der Waals surface area contributed by atoms with E-state index in [1.165, 1.54) is 13.2 Å². The maximum Gasteiger partial charge on any atom is 0.326 e. The largest absolute Gasteiger partial charge is 0.480 e. The van der Waals surface area contributed by atoms with Crippen LogP contribution in [0.2, 0.25) is 0 Å². The summed E-state index contributed by atoms with van der Waals surface area (Å²) in [7, 11) is 0.